The highest BCUT2D eigenvalue weighted by Gasteiger charge is 2.91. The molecule has 1 aromatic carbocycles. The predicted molar refractivity (Wildman–Crippen MR) is 144 cm³/mol. The summed E-state index contributed by atoms with van der Waals surface area (Å²) in [6.07, 6.45) is 0. The third kappa shape index (κ3) is 2.19. The topological polar surface area (TPSA) is 0 Å². The van der Waals surface area contributed by atoms with Crippen molar-refractivity contribution in [2.75, 3.05) is 0 Å². The average Bonchev–Trinajstić information content (AvgIpc) is 3.08. The lowest BCUT2D eigenvalue weighted by Crippen LogP contribution is -2.53. The molecule has 178 valence electrons. The second-order valence-corrected chi connectivity index (χ2v) is 15.9. The highest BCUT2D eigenvalue weighted by atomic mass is 35.5. The van der Waals surface area contributed by atoms with Gasteiger partial charge in [0.25, 0.3) is 0 Å². The van der Waals surface area contributed by atoms with Crippen LogP contribution in [0.4, 0.5) is 0 Å². The van der Waals surface area contributed by atoms with Crippen molar-refractivity contribution >= 4 is 139 Å². The maximum atomic E-state index is 7.29. The van der Waals surface area contributed by atoms with Gasteiger partial charge in [0.05, 0.1) is 20.1 Å². The fourth-order valence-corrected chi connectivity index (χ4v) is 13.1. The normalized spacial score (nSPS) is 50.1. The zero-order valence-corrected chi connectivity index (χ0v) is 25.1. The van der Waals surface area contributed by atoms with Gasteiger partial charge >= 0.3 is 0 Å². The first kappa shape index (κ1) is 25.5. The smallest absolute Gasteiger partial charge is 0.109 e. The fraction of sp³-hybridized carbons (Fsp3) is 0.524. The Morgan fingerprint density at radius 3 is 1.33 bits per heavy atom. The minimum absolute atomic E-state index is 0.0500. The second-order valence-electron chi connectivity index (χ2n) is 9.39. The molecule has 5 aliphatic carbocycles. The molecule has 4 bridgehead atoms. The molecule has 8 atom stereocenters. The van der Waals surface area contributed by atoms with E-state index in [1.807, 2.05) is 25.1 Å². The zero-order valence-electron chi connectivity index (χ0n) is 16.1. The van der Waals surface area contributed by atoms with Crippen molar-refractivity contribution in [3.63, 3.8) is 0 Å². The van der Waals surface area contributed by atoms with Crippen molar-refractivity contribution < 1.29 is 0 Å². The number of allylic oxidation sites excluding steroid dienone is 4. The van der Waals surface area contributed by atoms with Gasteiger partial charge in [-0.15, -0.1) is 46.4 Å². The van der Waals surface area contributed by atoms with E-state index in [1.165, 1.54) is 0 Å². The van der Waals surface area contributed by atoms with E-state index in [2.05, 4.69) is 0 Å². The molecule has 0 aromatic heterocycles. The summed E-state index contributed by atoms with van der Waals surface area (Å²) >= 11 is 83.7. The van der Waals surface area contributed by atoms with E-state index in [-0.39, 0.29) is 20.1 Å². The summed E-state index contributed by atoms with van der Waals surface area (Å²) in [6, 6.07) is 5.85. The van der Waals surface area contributed by atoms with Crippen LogP contribution in [0.2, 0.25) is 0 Å². The second kappa shape index (κ2) is 6.84. The Kier molecular flexibility index (Phi) is 5.28. The lowest BCUT2D eigenvalue weighted by molar-refractivity contribution is 0.201. The average molecular weight is 688 g/mol. The fourth-order valence-electron chi connectivity index (χ4n) is 7.02. The number of benzene rings is 1. The Morgan fingerprint density at radius 2 is 0.909 bits per heavy atom. The third-order valence-corrected chi connectivity index (χ3v) is 16.8. The van der Waals surface area contributed by atoms with Gasteiger partial charge in [0.15, 0.2) is 8.67 Å². The monoisotopic (exact) mass is 682 g/mol. The summed E-state index contributed by atoms with van der Waals surface area (Å²) in [6.45, 7) is 1.95. The molecule has 0 saturated heterocycles. The van der Waals surface area contributed by atoms with Crippen LogP contribution >= 0.6 is 139 Å². The molecule has 0 N–H and O–H groups in total. The first-order valence-corrected chi connectivity index (χ1v) is 14.3. The molecule has 33 heavy (non-hydrogen) atoms. The first-order valence-electron chi connectivity index (χ1n) is 9.74. The zero-order chi connectivity index (χ0) is 24.5. The maximum Gasteiger partial charge on any atom is 0.167 e. The molecule has 0 spiro atoms. The minimum atomic E-state index is -1.81. The lowest BCUT2D eigenvalue weighted by atomic mass is 9.57. The van der Waals surface area contributed by atoms with Gasteiger partial charge in [0.1, 0.15) is 19.5 Å². The Labute approximate surface area is 250 Å². The molecular weight excluding hydrogens is 678 g/mol. The van der Waals surface area contributed by atoms with E-state index in [9.17, 15) is 0 Å². The van der Waals surface area contributed by atoms with E-state index in [0.29, 0.717) is 0 Å². The summed E-state index contributed by atoms with van der Waals surface area (Å²) in [5.41, 5.74) is 2.58. The van der Waals surface area contributed by atoms with Crippen LogP contribution < -0.4 is 0 Å². The predicted octanol–water partition coefficient (Wildman–Crippen LogP) is 10.1. The summed E-state index contributed by atoms with van der Waals surface area (Å²) < 4.78 is -3.61. The number of hydrogen-bond donors (Lipinski definition) is 0. The van der Waals surface area contributed by atoms with Crippen LogP contribution in [0.25, 0.3) is 0 Å². The van der Waals surface area contributed by atoms with Crippen molar-refractivity contribution in [3.8, 4) is 0 Å². The molecule has 0 unspecified atom stereocenters. The van der Waals surface area contributed by atoms with Crippen molar-refractivity contribution in [2.24, 2.45) is 11.8 Å². The largest absolute Gasteiger partial charge is 0.167 e. The van der Waals surface area contributed by atoms with Crippen LogP contribution in [0.3, 0.4) is 0 Å². The summed E-state index contributed by atoms with van der Waals surface area (Å²) in [5, 5.41) is 0.281. The highest BCUT2D eigenvalue weighted by Crippen LogP contribution is 2.88. The van der Waals surface area contributed by atoms with Crippen LogP contribution in [0.5, 0.6) is 0 Å². The van der Waals surface area contributed by atoms with E-state index in [1.54, 1.807) is 0 Å². The number of halogens is 12. The minimum Gasteiger partial charge on any atom is -0.109 e. The van der Waals surface area contributed by atoms with Crippen LogP contribution in [0.15, 0.2) is 38.3 Å². The SMILES string of the molecule is Cc1ccc2c(c1)[C@H]1[C@H]([C@@H]3[C@@H]2[C@@]2(Cl)C(Cl)=C(Cl)[C@@]3(Cl)C2(Cl)Cl)[C@@]2(Cl)C(Cl)=C(Cl)[C@@]1(Cl)C2(Cl)Cl. The van der Waals surface area contributed by atoms with E-state index < -0.39 is 51.8 Å². The van der Waals surface area contributed by atoms with Crippen LogP contribution in [-0.4, -0.2) is 28.2 Å². The molecular formula is C21H10Cl12. The van der Waals surface area contributed by atoms with Gasteiger partial charge in [0.2, 0.25) is 0 Å². The molecule has 1 aromatic rings. The van der Waals surface area contributed by atoms with Gasteiger partial charge in [-0.25, -0.2) is 0 Å². The highest BCUT2D eigenvalue weighted by molar-refractivity contribution is 6.67. The van der Waals surface area contributed by atoms with Crippen LogP contribution in [0.1, 0.15) is 28.5 Å². The van der Waals surface area contributed by atoms with Crippen molar-refractivity contribution in [2.45, 2.75) is 46.9 Å². The quantitative estimate of drug-likeness (QED) is 0.238. The third-order valence-electron chi connectivity index (χ3n) is 8.28. The first-order chi connectivity index (χ1) is 15.0. The van der Waals surface area contributed by atoms with E-state index in [0.717, 1.165) is 16.7 Å². The molecule has 0 amide bonds. The van der Waals surface area contributed by atoms with Gasteiger partial charge in [-0.2, -0.15) is 0 Å². The number of aryl methyl sites for hydroxylation is 1. The van der Waals surface area contributed by atoms with Crippen molar-refractivity contribution in [1.82, 2.24) is 0 Å². The van der Waals surface area contributed by atoms with Crippen molar-refractivity contribution in [1.29, 1.82) is 0 Å². The number of rotatable bonds is 0. The van der Waals surface area contributed by atoms with Gasteiger partial charge in [-0.3, -0.25) is 0 Å². The van der Waals surface area contributed by atoms with Gasteiger partial charge in [-0.05, 0) is 18.1 Å². The summed E-state index contributed by atoms with van der Waals surface area (Å²) in [7, 11) is 0. The number of hydrogen-bond acceptors (Lipinski definition) is 0. The Morgan fingerprint density at radius 1 is 0.545 bits per heavy atom. The number of alkyl halides is 8. The molecule has 2 fully saturated rings. The Balaban J connectivity index is 1.79. The molecule has 6 rings (SSSR count). The number of fused-ring (bicyclic) bond motifs is 14. The van der Waals surface area contributed by atoms with Crippen LogP contribution in [-0.2, 0) is 0 Å². The molecule has 0 radical (unpaired) electrons. The molecule has 0 heterocycles. The molecule has 12 heteroatoms. The molecule has 0 aliphatic heterocycles. The van der Waals surface area contributed by atoms with Gasteiger partial charge in [-0.1, -0.05) is 117 Å². The summed E-state index contributed by atoms with van der Waals surface area (Å²) in [4.78, 5) is -6.35. The maximum absolute atomic E-state index is 7.29. The standard InChI is InChI=1S/C21H10Cl12/c1-5-2-3-6-7(4-5)9-11(19(29)15(25)13(23)17(9,27)21(19,32)33)10-8(6)16(26)12(22)14(24)18(10,28)20(16,30)31/h2-4,8-11H,1H3/t8-,9+,10+,11-,16-,17-,18-,19-/m1/s1. The molecule has 0 nitrogen and oxygen atoms in total. The molecule has 5 aliphatic rings. The summed E-state index contributed by atoms with van der Waals surface area (Å²) in [5.74, 6) is -2.56. The van der Waals surface area contributed by atoms with Gasteiger partial charge < -0.3 is 0 Å². The van der Waals surface area contributed by atoms with Crippen LogP contribution in [0, 0.1) is 18.8 Å². The Hall–Kier alpha value is 2.18. The van der Waals surface area contributed by atoms with E-state index in [4.69, 9.17) is 139 Å². The van der Waals surface area contributed by atoms with Crippen molar-refractivity contribution in [3.05, 3.63) is 55.0 Å². The van der Waals surface area contributed by atoms with E-state index >= 15 is 0 Å². The Bertz CT molecular complexity index is 1230. The lowest BCUT2D eigenvalue weighted by Gasteiger charge is -2.52. The molecule has 2 saturated carbocycles. The van der Waals surface area contributed by atoms with Gasteiger partial charge in [0, 0.05) is 23.7 Å².